The number of rotatable bonds is 6. The van der Waals surface area contributed by atoms with Gasteiger partial charge in [-0.15, -0.1) is 0 Å². The van der Waals surface area contributed by atoms with E-state index in [0.717, 1.165) is 55.7 Å². The van der Waals surface area contributed by atoms with Gasteiger partial charge in [0.05, 0.1) is 25.9 Å². The maximum Gasteiger partial charge on any atom is 0.304 e. The van der Waals surface area contributed by atoms with E-state index in [0.29, 0.717) is 30.2 Å². The highest BCUT2D eigenvalue weighted by Crippen LogP contribution is 2.30. The van der Waals surface area contributed by atoms with Crippen LogP contribution in [0.15, 0.2) is 30.5 Å². The minimum Gasteiger partial charge on any atom is -0.481 e. The number of amides is 1. The molecule has 13 heteroatoms. The molecule has 3 aromatic rings. The second kappa shape index (κ2) is 10.1. The zero-order valence-electron chi connectivity index (χ0n) is 21.2. The molecule has 2 N–H and O–H groups in total. The fraction of sp³-hybridized carbons (Fsp3) is 0.520. The number of piperidine rings is 1. The van der Waals surface area contributed by atoms with Crippen molar-refractivity contribution in [3.63, 3.8) is 0 Å². The maximum absolute atomic E-state index is 12.1. The molecule has 0 radical (unpaired) electrons. The van der Waals surface area contributed by atoms with E-state index >= 15 is 0 Å². The summed E-state index contributed by atoms with van der Waals surface area (Å²) in [6.07, 6.45) is 7.01. The number of methoxy groups -OCH3 is 1. The number of nitrogens with zero attached hydrogens (tertiary/aromatic N) is 5. The van der Waals surface area contributed by atoms with Crippen molar-refractivity contribution in [2.75, 3.05) is 31.6 Å². The van der Waals surface area contributed by atoms with Gasteiger partial charge in [-0.05, 0) is 56.7 Å². The summed E-state index contributed by atoms with van der Waals surface area (Å²) in [5.74, 6) is 1.73. The molecule has 2 aliphatic heterocycles. The van der Waals surface area contributed by atoms with Crippen molar-refractivity contribution in [3.8, 4) is 17.3 Å². The summed E-state index contributed by atoms with van der Waals surface area (Å²) in [7, 11) is -2.09. The third-order valence-electron chi connectivity index (χ3n) is 7.60. The third-order valence-corrected chi connectivity index (χ3v) is 9.13. The van der Waals surface area contributed by atoms with Crippen molar-refractivity contribution in [3.05, 3.63) is 30.5 Å². The molecular formula is C25H31N7O5S. The first kappa shape index (κ1) is 25.0. The number of hydrogen-bond donors (Lipinski definition) is 2. The number of anilines is 1. The van der Waals surface area contributed by atoms with Crippen LogP contribution in [0.5, 0.6) is 5.88 Å². The number of hydrogen-bond acceptors (Lipinski definition) is 9. The van der Waals surface area contributed by atoms with Crippen molar-refractivity contribution < 1.29 is 22.7 Å². The van der Waals surface area contributed by atoms with Crippen molar-refractivity contribution in [1.82, 2.24) is 29.0 Å². The predicted octanol–water partition coefficient (Wildman–Crippen LogP) is 2.00. The Morgan fingerprint density at radius 1 is 0.974 bits per heavy atom. The van der Waals surface area contributed by atoms with Crippen LogP contribution in [0.2, 0.25) is 0 Å². The zero-order chi connectivity index (χ0) is 26.3. The van der Waals surface area contributed by atoms with E-state index in [1.165, 1.54) is 4.31 Å². The Bertz CT molecular complexity index is 1410. The van der Waals surface area contributed by atoms with E-state index in [1.807, 2.05) is 24.4 Å². The first-order valence-corrected chi connectivity index (χ1v) is 14.4. The zero-order valence-corrected chi connectivity index (χ0v) is 22.0. The lowest BCUT2D eigenvalue weighted by Crippen LogP contribution is -2.43. The SMILES string of the molecule is COc1ccc2nc(-c3ccc(N4CCC(O[C@H]5CC[C@H](N6CC(=O)NS6(=O)=O)CC5)CC4)nc3)[nH]c2n1. The average Bonchev–Trinajstić information content (AvgIpc) is 3.48. The number of imidazole rings is 1. The lowest BCUT2D eigenvalue weighted by atomic mass is 9.92. The Morgan fingerprint density at radius 3 is 2.39 bits per heavy atom. The molecule has 1 amide bonds. The molecule has 5 heterocycles. The Hall–Kier alpha value is -3.29. The van der Waals surface area contributed by atoms with Crippen molar-refractivity contribution in [2.24, 2.45) is 0 Å². The van der Waals surface area contributed by atoms with Gasteiger partial charge in [-0.3, -0.25) is 4.79 Å². The van der Waals surface area contributed by atoms with Crippen LogP contribution in [0.1, 0.15) is 38.5 Å². The summed E-state index contributed by atoms with van der Waals surface area (Å²) in [6, 6.07) is 7.56. The maximum atomic E-state index is 12.1. The van der Waals surface area contributed by atoms with Crippen LogP contribution >= 0.6 is 0 Å². The van der Waals surface area contributed by atoms with Gasteiger partial charge in [0.1, 0.15) is 17.2 Å². The van der Waals surface area contributed by atoms with E-state index in [4.69, 9.17) is 9.47 Å². The summed E-state index contributed by atoms with van der Waals surface area (Å²) in [5.41, 5.74) is 2.34. The van der Waals surface area contributed by atoms with Crippen LogP contribution in [0.4, 0.5) is 5.82 Å². The molecule has 3 aromatic heterocycles. The summed E-state index contributed by atoms with van der Waals surface area (Å²) >= 11 is 0. The fourth-order valence-corrected chi connectivity index (χ4v) is 6.95. The van der Waals surface area contributed by atoms with Gasteiger partial charge in [-0.2, -0.15) is 17.7 Å². The highest BCUT2D eigenvalue weighted by molar-refractivity contribution is 7.88. The molecule has 6 rings (SSSR count). The second-order valence-electron chi connectivity index (χ2n) is 10.0. The number of carbonyl (C=O) groups excluding carboxylic acids is 1. The smallest absolute Gasteiger partial charge is 0.304 e. The minimum absolute atomic E-state index is 0.0727. The topological polar surface area (TPSA) is 143 Å². The Balaban J connectivity index is 0.994. The van der Waals surface area contributed by atoms with E-state index in [1.54, 1.807) is 13.2 Å². The van der Waals surface area contributed by atoms with Crippen molar-refractivity contribution in [1.29, 1.82) is 0 Å². The first-order chi connectivity index (χ1) is 18.4. The minimum atomic E-state index is -3.67. The van der Waals surface area contributed by atoms with E-state index in [-0.39, 0.29) is 24.8 Å². The highest BCUT2D eigenvalue weighted by atomic mass is 32.2. The molecule has 2 saturated heterocycles. The van der Waals surface area contributed by atoms with Crippen LogP contribution in [0.3, 0.4) is 0 Å². The van der Waals surface area contributed by atoms with Crippen LogP contribution in [-0.2, 0) is 19.7 Å². The highest BCUT2D eigenvalue weighted by Gasteiger charge is 2.40. The lowest BCUT2D eigenvalue weighted by molar-refractivity contribution is -0.118. The van der Waals surface area contributed by atoms with Gasteiger partial charge in [-0.25, -0.2) is 14.7 Å². The Labute approximate surface area is 220 Å². The number of H-pyrrole nitrogens is 1. The number of aromatic amines is 1. The first-order valence-electron chi connectivity index (χ1n) is 13.0. The summed E-state index contributed by atoms with van der Waals surface area (Å²) in [5, 5.41) is 0. The van der Waals surface area contributed by atoms with E-state index in [2.05, 4.69) is 29.6 Å². The van der Waals surface area contributed by atoms with Crippen LogP contribution in [0.25, 0.3) is 22.6 Å². The molecule has 38 heavy (non-hydrogen) atoms. The fourth-order valence-electron chi connectivity index (χ4n) is 5.59. The number of ether oxygens (including phenoxy) is 2. The Morgan fingerprint density at radius 2 is 1.74 bits per heavy atom. The molecular weight excluding hydrogens is 510 g/mol. The lowest BCUT2D eigenvalue weighted by Gasteiger charge is -2.37. The normalized spacial score (nSPS) is 24.6. The van der Waals surface area contributed by atoms with Gasteiger partial charge in [0.25, 0.3) is 0 Å². The molecule has 0 bridgehead atoms. The predicted molar refractivity (Wildman–Crippen MR) is 140 cm³/mol. The monoisotopic (exact) mass is 541 g/mol. The molecule has 202 valence electrons. The van der Waals surface area contributed by atoms with Crippen LogP contribution < -0.4 is 14.4 Å². The molecule has 0 atom stereocenters. The summed E-state index contributed by atoms with van der Waals surface area (Å²) < 4.78 is 39.2. The largest absolute Gasteiger partial charge is 0.481 e. The molecule has 0 aromatic carbocycles. The number of carbonyl (C=O) groups is 1. The van der Waals surface area contributed by atoms with Gasteiger partial charge in [0.2, 0.25) is 11.8 Å². The second-order valence-corrected chi connectivity index (χ2v) is 11.7. The number of pyridine rings is 2. The molecule has 1 saturated carbocycles. The molecule has 3 aliphatic rings. The van der Waals surface area contributed by atoms with Crippen LogP contribution in [0, 0.1) is 0 Å². The van der Waals surface area contributed by atoms with E-state index in [9.17, 15) is 13.2 Å². The van der Waals surface area contributed by atoms with Gasteiger partial charge in [-0.1, -0.05) is 0 Å². The Kier molecular flexibility index (Phi) is 6.66. The van der Waals surface area contributed by atoms with Crippen molar-refractivity contribution >= 4 is 33.1 Å². The van der Waals surface area contributed by atoms with Gasteiger partial charge in [0, 0.05) is 37.0 Å². The number of aromatic nitrogens is 4. The molecule has 3 fully saturated rings. The van der Waals surface area contributed by atoms with E-state index < -0.39 is 16.1 Å². The third kappa shape index (κ3) is 5.05. The average molecular weight is 542 g/mol. The molecule has 12 nitrogen and oxygen atoms in total. The van der Waals surface area contributed by atoms with Gasteiger partial charge >= 0.3 is 10.2 Å². The van der Waals surface area contributed by atoms with Crippen molar-refractivity contribution in [2.45, 2.75) is 56.8 Å². The van der Waals surface area contributed by atoms with Crippen LogP contribution in [-0.4, -0.2) is 83.6 Å². The number of fused-ring (bicyclic) bond motifs is 1. The summed E-state index contributed by atoms with van der Waals surface area (Å²) in [6.45, 7) is 1.65. The number of nitrogens with one attached hydrogen (secondary N) is 2. The van der Waals surface area contributed by atoms with Gasteiger partial charge < -0.3 is 19.4 Å². The quantitative estimate of drug-likeness (QED) is 0.479. The molecule has 1 aliphatic carbocycles. The van der Waals surface area contributed by atoms with Gasteiger partial charge in [0.15, 0.2) is 5.65 Å². The molecule has 0 unspecified atom stereocenters. The standard InChI is InChI=1S/C25H31N7O5S/c1-36-23-9-7-20-25(28-23)29-24(27-20)16-2-8-21(26-14-16)31-12-10-19(11-13-31)37-18-5-3-17(4-6-18)32-15-22(33)30-38(32,34)35/h2,7-9,14,17-19H,3-6,10-13,15H2,1H3,(H,30,33)(H,27,28,29)/t17-,18-. The molecule has 0 spiro atoms. The summed E-state index contributed by atoms with van der Waals surface area (Å²) in [4.78, 5) is 30.7.